The van der Waals surface area contributed by atoms with E-state index in [4.69, 9.17) is 25.5 Å². The number of fused-ring (bicyclic) bond motifs is 1. The molecule has 0 aliphatic carbocycles. The number of rotatable bonds is 5. The fourth-order valence-electron chi connectivity index (χ4n) is 2.63. The Labute approximate surface area is 155 Å². The number of halogens is 1. The number of methoxy groups -OCH3 is 2. The number of hydrazone groups is 1. The highest BCUT2D eigenvalue weighted by molar-refractivity contribution is 6.31. The summed E-state index contributed by atoms with van der Waals surface area (Å²) in [6, 6.07) is 10.4. The van der Waals surface area contributed by atoms with E-state index in [1.165, 1.54) is 6.21 Å². The molecule has 1 aromatic heterocycles. The molecule has 134 valence electrons. The van der Waals surface area contributed by atoms with Gasteiger partial charge in [-0.05, 0) is 43.3 Å². The summed E-state index contributed by atoms with van der Waals surface area (Å²) >= 11 is 5.94. The van der Waals surface area contributed by atoms with Gasteiger partial charge in [0.2, 0.25) is 0 Å². The molecule has 0 aliphatic rings. The molecule has 0 aliphatic heterocycles. The zero-order valence-electron chi connectivity index (χ0n) is 14.5. The Hall–Kier alpha value is -2.99. The Morgan fingerprint density at radius 2 is 2.00 bits per heavy atom. The van der Waals surface area contributed by atoms with Crippen LogP contribution in [0, 0.1) is 6.92 Å². The summed E-state index contributed by atoms with van der Waals surface area (Å²) in [4.78, 5) is 12.2. The van der Waals surface area contributed by atoms with Crippen LogP contribution in [-0.4, -0.2) is 26.3 Å². The number of nitrogens with zero attached hydrogens (tertiary/aromatic N) is 1. The van der Waals surface area contributed by atoms with Crippen molar-refractivity contribution in [2.24, 2.45) is 5.10 Å². The van der Waals surface area contributed by atoms with Crippen molar-refractivity contribution in [1.29, 1.82) is 0 Å². The van der Waals surface area contributed by atoms with Crippen molar-refractivity contribution in [3.63, 3.8) is 0 Å². The van der Waals surface area contributed by atoms with E-state index in [2.05, 4.69) is 10.5 Å². The first kappa shape index (κ1) is 17.8. The van der Waals surface area contributed by atoms with Crippen LogP contribution >= 0.6 is 11.6 Å². The van der Waals surface area contributed by atoms with Gasteiger partial charge >= 0.3 is 5.91 Å². The Kier molecular flexibility index (Phi) is 5.14. The first-order valence-corrected chi connectivity index (χ1v) is 8.15. The van der Waals surface area contributed by atoms with Crippen molar-refractivity contribution >= 4 is 34.7 Å². The zero-order chi connectivity index (χ0) is 18.7. The van der Waals surface area contributed by atoms with Gasteiger partial charge in [0.25, 0.3) is 0 Å². The van der Waals surface area contributed by atoms with Crippen molar-refractivity contribution in [3.05, 3.63) is 58.3 Å². The third kappa shape index (κ3) is 3.50. The summed E-state index contributed by atoms with van der Waals surface area (Å²) in [5.74, 6) is 1.03. The number of carbonyl (C=O) groups excluding carboxylic acids is 1. The smallest absolute Gasteiger partial charge is 0.307 e. The number of nitrogens with one attached hydrogen (secondary N) is 1. The molecule has 0 saturated heterocycles. The van der Waals surface area contributed by atoms with Gasteiger partial charge < -0.3 is 13.9 Å². The van der Waals surface area contributed by atoms with Crippen LogP contribution in [0.1, 0.15) is 21.7 Å². The van der Waals surface area contributed by atoms with Crippen LogP contribution < -0.4 is 14.9 Å². The van der Waals surface area contributed by atoms with Crippen LogP contribution in [-0.2, 0) is 0 Å². The third-order valence-corrected chi connectivity index (χ3v) is 4.12. The highest BCUT2D eigenvalue weighted by Gasteiger charge is 2.13. The van der Waals surface area contributed by atoms with E-state index in [1.807, 2.05) is 13.0 Å². The van der Waals surface area contributed by atoms with Gasteiger partial charge in [0, 0.05) is 21.5 Å². The van der Waals surface area contributed by atoms with Crippen molar-refractivity contribution in [2.45, 2.75) is 6.92 Å². The monoisotopic (exact) mass is 372 g/mol. The highest BCUT2D eigenvalue weighted by Crippen LogP contribution is 2.30. The molecular weight excluding hydrogens is 356 g/mol. The van der Waals surface area contributed by atoms with Crippen LogP contribution in [0.3, 0.4) is 0 Å². The molecule has 1 heterocycles. The summed E-state index contributed by atoms with van der Waals surface area (Å²) in [6.45, 7) is 1.88. The Bertz CT molecular complexity index is 995. The summed E-state index contributed by atoms with van der Waals surface area (Å²) in [5.41, 5.74) is 4.58. The van der Waals surface area contributed by atoms with Gasteiger partial charge in [0.05, 0.1) is 20.4 Å². The second-order valence-electron chi connectivity index (χ2n) is 5.51. The van der Waals surface area contributed by atoms with Crippen LogP contribution in [0.15, 0.2) is 45.9 Å². The van der Waals surface area contributed by atoms with Gasteiger partial charge in [-0.15, -0.1) is 0 Å². The minimum atomic E-state index is -0.460. The summed E-state index contributed by atoms with van der Waals surface area (Å²) < 4.78 is 16.2. The molecular formula is C19H17ClN2O4. The third-order valence-electron chi connectivity index (χ3n) is 3.88. The lowest BCUT2D eigenvalue weighted by atomic mass is 10.1. The van der Waals surface area contributed by atoms with E-state index >= 15 is 0 Å². The SMILES string of the molecule is COc1ccc(/C=N/NC(=O)c2cc3cc(Cl)ccc3o2)c(OC)c1C. The van der Waals surface area contributed by atoms with Gasteiger partial charge in [-0.25, -0.2) is 5.43 Å². The molecule has 2 aromatic carbocycles. The average molecular weight is 373 g/mol. The summed E-state index contributed by atoms with van der Waals surface area (Å²) in [6.07, 6.45) is 1.50. The molecule has 26 heavy (non-hydrogen) atoms. The van der Waals surface area contributed by atoms with Crippen LogP contribution in [0.4, 0.5) is 0 Å². The second-order valence-corrected chi connectivity index (χ2v) is 5.94. The number of amides is 1. The first-order valence-electron chi connectivity index (χ1n) is 7.77. The highest BCUT2D eigenvalue weighted by atomic mass is 35.5. The van der Waals surface area contributed by atoms with E-state index < -0.39 is 5.91 Å². The summed E-state index contributed by atoms with van der Waals surface area (Å²) in [5, 5.41) is 5.30. The van der Waals surface area contributed by atoms with Crippen LogP contribution in [0.2, 0.25) is 5.02 Å². The molecule has 7 heteroatoms. The number of carbonyl (C=O) groups is 1. The van der Waals surface area contributed by atoms with Crippen molar-refractivity contribution in [3.8, 4) is 11.5 Å². The largest absolute Gasteiger partial charge is 0.496 e. The Morgan fingerprint density at radius 3 is 2.73 bits per heavy atom. The van der Waals surface area contributed by atoms with Gasteiger partial charge in [-0.3, -0.25) is 4.79 Å². The fraction of sp³-hybridized carbons (Fsp3) is 0.158. The molecule has 3 aromatic rings. The lowest BCUT2D eigenvalue weighted by Crippen LogP contribution is -2.16. The Morgan fingerprint density at radius 1 is 1.19 bits per heavy atom. The quantitative estimate of drug-likeness (QED) is 0.538. The van der Waals surface area contributed by atoms with Crippen LogP contribution in [0.5, 0.6) is 11.5 Å². The lowest BCUT2D eigenvalue weighted by molar-refractivity contribution is 0.0929. The zero-order valence-corrected chi connectivity index (χ0v) is 15.3. The molecule has 1 N–H and O–H groups in total. The van der Waals surface area contributed by atoms with Gasteiger partial charge in [0.1, 0.15) is 17.1 Å². The van der Waals surface area contributed by atoms with E-state index in [-0.39, 0.29) is 5.76 Å². The maximum absolute atomic E-state index is 12.2. The number of hydrogen-bond acceptors (Lipinski definition) is 5. The number of benzene rings is 2. The fourth-order valence-corrected chi connectivity index (χ4v) is 2.81. The number of hydrogen-bond donors (Lipinski definition) is 1. The number of furan rings is 1. The van der Waals surface area contributed by atoms with Gasteiger partial charge in [0.15, 0.2) is 5.76 Å². The molecule has 6 nitrogen and oxygen atoms in total. The maximum atomic E-state index is 12.2. The van der Waals surface area contributed by atoms with E-state index in [9.17, 15) is 4.79 Å². The topological polar surface area (TPSA) is 73.1 Å². The molecule has 0 bridgehead atoms. The normalized spacial score (nSPS) is 11.1. The minimum Gasteiger partial charge on any atom is -0.496 e. The molecule has 0 radical (unpaired) electrons. The van der Waals surface area contributed by atoms with E-state index in [1.54, 1.807) is 44.6 Å². The predicted octanol–water partition coefficient (Wildman–Crippen LogP) is 4.18. The standard InChI is InChI=1S/C19H17ClN2O4/c1-11-15(24-2)6-4-12(18(11)25-3)10-21-22-19(23)17-9-13-8-14(20)5-7-16(13)26-17/h4-10H,1-3H3,(H,22,23)/b21-10+. The van der Waals surface area contributed by atoms with E-state index in [0.29, 0.717) is 27.7 Å². The average Bonchev–Trinajstić information content (AvgIpc) is 3.05. The predicted molar refractivity (Wildman–Crippen MR) is 101 cm³/mol. The van der Waals surface area contributed by atoms with Crippen molar-refractivity contribution in [1.82, 2.24) is 5.43 Å². The Balaban J connectivity index is 1.77. The molecule has 3 rings (SSSR count). The van der Waals surface area contributed by atoms with E-state index in [0.717, 1.165) is 10.9 Å². The molecule has 0 atom stereocenters. The van der Waals surface area contributed by atoms with Gasteiger partial charge in [-0.1, -0.05) is 11.6 Å². The van der Waals surface area contributed by atoms with Crippen molar-refractivity contribution in [2.75, 3.05) is 14.2 Å². The van der Waals surface area contributed by atoms with Crippen molar-refractivity contribution < 1.29 is 18.7 Å². The molecule has 0 unspecified atom stereocenters. The van der Waals surface area contributed by atoms with Gasteiger partial charge in [-0.2, -0.15) is 5.10 Å². The molecule has 0 fully saturated rings. The lowest BCUT2D eigenvalue weighted by Gasteiger charge is -2.11. The minimum absolute atomic E-state index is 0.150. The summed E-state index contributed by atoms with van der Waals surface area (Å²) in [7, 11) is 3.16. The second kappa shape index (κ2) is 7.49. The van der Waals surface area contributed by atoms with Crippen LogP contribution in [0.25, 0.3) is 11.0 Å². The first-order chi connectivity index (χ1) is 12.5. The number of ether oxygens (including phenoxy) is 2. The maximum Gasteiger partial charge on any atom is 0.307 e. The molecule has 1 amide bonds. The molecule has 0 spiro atoms. The molecule has 0 saturated carbocycles.